The van der Waals surface area contributed by atoms with Crippen LogP contribution in [0.4, 0.5) is 0 Å². The van der Waals surface area contributed by atoms with Crippen LogP contribution in [0.3, 0.4) is 0 Å². The smallest absolute Gasteiger partial charge is 0.256 e. The van der Waals surface area contributed by atoms with Crippen LogP contribution in [0.15, 0.2) is 48.5 Å². The highest BCUT2D eigenvalue weighted by molar-refractivity contribution is 5.99. The highest BCUT2D eigenvalue weighted by Crippen LogP contribution is 2.39. The van der Waals surface area contributed by atoms with Crippen LogP contribution in [0.5, 0.6) is 0 Å². The molecule has 2 aromatic rings. The number of likely N-dealkylation sites (tertiary alicyclic amines) is 1. The Morgan fingerprint density at radius 1 is 1.03 bits per heavy atom. The number of amides is 3. The molecule has 3 aliphatic rings. The number of rotatable bonds is 5. The number of nitrogens with one attached hydrogen (secondary N) is 1. The average molecular weight is 506 g/mol. The fraction of sp³-hybridized carbons (Fsp3) is 0.483. The summed E-state index contributed by atoms with van der Waals surface area (Å²) >= 11 is 0. The van der Waals surface area contributed by atoms with Crippen molar-refractivity contribution in [3.63, 3.8) is 0 Å². The van der Waals surface area contributed by atoms with Crippen molar-refractivity contribution in [1.29, 1.82) is 0 Å². The molecule has 5 rings (SSSR count). The van der Waals surface area contributed by atoms with Crippen molar-refractivity contribution in [2.75, 3.05) is 32.8 Å². The summed E-state index contributed by atoms with van der Waals surface area (Å²) in [5, 5.41) is 2.99. The normalized spacial score (nSPS) is 22.9. The van der Waals surface area contributed by atoms with E-state index in [1.807, 2.05) is 61.2 Å². The van der Waals surface area contributed by atoms with E-state index in [9.17, 15) is 14.4 Å². The molecule has 3 aliphatic heterocycles. The summed E-state index contributed by atoms with van der Waals surface area (Å²) in [6.07, 6.45) is 2.81. The van der Waals surface area contributed by atoms with Crippen molar-refractivity contribution in [3.8, 4) is 0 Å². The van der Waals surface area contributed by atoms with Crippen molar-refractivity contribution < 1.29 is 23.9 Å². The molecule has 0 bridgehead atoms. The lowest BCUT2D eigenvalue weighted by Crippen LogP contribution is -2.60. The fourth-order valence-corrected chi connectivity index (χ4v) is 5.66. The quantitative estimate of drug-likeness (QED) is 0.675. The Morgan fingerprint density at radius 3 is 2.51 bits per heavy atom. The van der Waals surface area contributed by atoms with Crippen LogP contribution < -0.4 is 5.32 Å². The molecule has 1 spiro atoms. The number of benzene rings is 2. The second-order valence-electron chi connectivity index (χ2n) is 10.3. The minimum Gasteiger partial charge on any atom is -0.376 e. The fourth-order valence-electron chi connectivity index (χ4n) is 5.66. The van der Waals surface area contributed by atoms with Gasteiger partial charge in [0, 0.05) is 50.2 Å². The number of carbonyl (C=O) groups is 3. The first-order chi connectivity index (χ1) is 17.9. The van der Waals surface area contributed by atoms with Crippen LogP contribution in [0, 0.1) is 13.8 Å². The standard InChI is InChI=1S/C29H35N3O5/c1-20-7-5-9-22(17-20)27(34)32-25(26(33)30-18-23-10-6-16-36-23)19-37-29(32)12-14-31(15-13-29)28(35)24-11-4-3-8-21(24)2/h3-5,7-9,11,17,23,25H,6,10,12-16,18-19H2,1-2H3,(H,30,33). The van der Waals surface area contributed by atoms with Gasteiger partial charge in [-0.2, -0.15) is 0 Å². The van der Waals surface area contributed by atoms with Crippen molar-refractivity contribution in [2.45, 2.75) is 57.4 Å². The molecule has 1 N–H and O–H groups in total. The summed E-state index contributed by atoms with van der Waals surface area (Å²) in [6, 6.07) is 14.2. The highest BCUT2D eigenvalue weighted by Gasteiger charge is 2.54. The first-order valence-corrected chi connectivity index (χ1v) is 13.2. The Balaban J connectivity index is 1.36. The summed E-state index contributed by atoms with van der Waals surface area (Å²) < 4.78 is 12.0. The van der Waals surface area contributed by atoms with Crippen LogP contribution >= 0.6 is 0 Å². The minimum atomic E-state index is -0.935. The van der Waals surface area contributed by atoms with Gasteiger partial charge in [0.25, 0.3) is 11.8 Å². The van der Waals surface area contributed by atoms with Gasteiger partial charge in [-0.25, -0.2) is 0 Å². The van der Waals surface area contributed by atoms with E-state index in [0.29, 0.717) is 50.2 Å². The highest BCUT2D eigenvalue weighted by atomic mass is 16.5. The van der Waals surface area contributed by atoms with E-state index in [2.05, 4.69) is 5.32 Å². The zero-order valence-electron chi connectivity index (χ0n) is 21.6. The topological polar surface area (TPSA) is 88.2 Å². The third-order valence-electron chi connectivity index (χ3n) is 7.78. The second kappa shape index (κ2) is 10.6. The third-order valence-corrected chi connectivity index (χ3v) is 7.78. The Bertz CT molecular complexity index is 1170. The van der Waals surface area contributed by atoms with Crippen molar-refractivity contribution >= 4 is 17.7 Å². The zero-order valence-corrected chi connectivity index (χ0v) is 21.6. The van der Waals surface area contributed by atoms with E-state index in [-0.39, 0.29) is 30.4 Å². The van der Waals surface area contributed by atoms with Gasteiger partial charge in [0.05, 0.1) is 12.7 Å². The Morgan fingerprint density at radius 2 is 1.81 bits per heavy atom. The molecule has 2 atom stereocenters. The molecule has 8 nitrogen and oxygen atoms in total. The van der Waals surface area contributed by atoms with E-state index in [1.54, 1.807) is 11.0 Å². The first-order valence-electron chi connectivity index (χ1n) is 13.2. The molecule has 37 heavy (non-hydrogen) atoms. The third kappa shape index (κ3) is 5.13. The summed E-state index contributed by atoms with van der Waals surface area (Å²) in [5.74, 6) is -0.475. The van der Waals surface area contributed by atoms with Gasteiger partial charge in [-0.3, -0.25) is 19.3 Å². The van der Waals surface area contributed by atoms with Crippen LogP contribution in [-0.4, -0.2) is 78.2 Å². The minimum absolute atomic E-state index is 0.0110. The molecule has 0 aliphatic carbocycles. The molecular weight excluding hydrogens is 470 g/mol. The van der Waals surface area contributed by atoms with E-state index >= 15 is 0 Å². The zero-order chi connectivity index (χ0) is 26.0. The van der Waals surface area contributed by atoms with Gasteiger partial charge in [0.1, 0.15) is 11.8 Å². The van der Waals surface area contributed by atoms with Crippen molar-refractivity contribution in [3.05, 3.63) is 70.8 Å². The summed E-state index contributed by atoms with van der Waals surface area (Å²) in [6.45, 7) is 6.01. The molecular formula is C29H35N3O5. The van der Waals surface area contributed by atoms with Gasteiger partial charge >= 0.3 is 0 Å². The molecule has 8 heteroatoms. The molecule has 3 heterocycles. The number of hydrogen-bond acceptors (Lipinski definition) is 5. The number of piperidine rings is 1. The van der Waals surface area contributed by atoms with Gasteiger partial charge in [0.15, 0.2) is 0 Å². The SMILES string of the molecule is Cc1cccc(C(=O)N2C(C(=O)NCC3CCCO3)COC23CCN(C(=O)c2ccccc2C)CC3)c1. The number of aryl methyl sites for hydroxylation is 2. The van der Waals surface area contributed by atoms with Crippen LogP contribution in [0.1, 0.15) is 57.5 Å². The van der Waals surface area contributed by atoms with Gasteiger partial charge in [0.2, 0.25) is 5.91 Å². The number of ether oxygens (including phenoxy) is 2. The summed E-state index contributed by atoms with van der Waals surface area (Å²) in [4.78, 5) is 43.9. The molecule has 196 valence electrons. The van der Waals surface area contributed by atoms with E-state index in [4.69, 9.17) is 9.47 Å². The predicted molar refractivity (Wildman–Crippen MR) is 138 cm³/mol. The molecule has 0 saturated carbocycles. The number of hydrogen-bond donors (Lipinski definition) is 1. The average Bonchev–Trinajstić information content (AvgIpc) is 3.56. The Hall–Kier alpha value is -3.23. The van der Waals surface area contributed by atoms with Crippen LogP contribution in [0.25, 0.3) is 0 Å². The molecule has 3 fully saturated rings. The van der Waals surface area contributed by atoms with Gasteiger partial charge in [-0.1, -0.05) is 35.9 Å². The van der Waals surface area contributed by atoms with E-state index < -0.39 is 11.8 Å². The Labute approximate surface area is 217 Å². The second-order valence-corrected chi connectivity index (χ2v) is 10.3. The molecule has 3 saturated heterocycles. The summed E-state index contributed by atoms with van der Waals surface area (Å²) in [5.41, 5.74) is 2.18. The maximum atomic E-state index is 13.9. The number of carbonyl (C=O) groups excluding carboxylic acids is 3. The molecule has 2 aromatic carbocycles. The molecule has 0 aromatic heterocycles. The molecule has 3 amide bonds. The molecule has 2 unspecified atom stereocenters. The van der Waals surface area contributed by atoms with E-state index in [0.717, 1.165) is 24.0 Å². The van der Waals surface area contributed by atoms with Crippen LogP contribution in [0.2, 0.25) is 0 Å². The lowest BCUT2D eigenvalue weighted by Gasteiger charge is -2.44. The lowest BCUT2D eigenvalue weighted by molar-refractivity contribution is -0.128. The largest absolute Gasteiger partial charge is 0.376 e. The van der Waals surface area contributed by atoms with Crippen molar-refractivity contribution in [1.82, 2.24) is 15.1 Å². The monoisotopic (exact) mass is 505 g/mol. The lowest BCUT2D eigenvalue weighted by atomic mass is 9.95. The summed E-state index contributed by atoms with van der Waals surface area (Å²) in [7, 11) is 0. The van der Waals surface area contributed by atoms with Gasteiger partial charge in [-0.05, 0) is 50.5 Å². The maximum Gasteiger partial charge on any atom is 0.256 e. The van der Waals surface area contributed by atoms with Gasteiger partial charge < -0.3 is 19.7 Å². The van der Waals surface area contributed by atoms with Gasteiger partial charge in [-0.15, -0.1) is 0 Å². The van der Waals surface area contributed by atoms with Crippen LogP contribution in [-0.2, 0) is 14.3 Å². The Kier molecular flexibility index (Phi) is 7.31. The predicted octanol–water partition coefficient (Wildman–Crippen LogP) is 3.07. The van der Waals surface area contributed by atoms with E-state index in [1.165, 1.54) is 0 Å². The van der Waals surface area contributed by atoms with Crippen molar-refractivity contribution in [2.24, 2.45) is 0 Å². The number of nitrogens with zero attached hydrogens (tertiary/aromatic N) is 2. The first kappa shape index (κ1) is 25.4. The molecule has 0 radical (unpaired) electrons. The maximum absolute atomic E-state index is 13.9.